The molecule has 1 aromatic heterocycles. The van der Waals surface area contributed by atoms with E-state index in [1.807, 2.05) is 6.92 Å². The van der Waals surface area contributed by atoms with Gasteiger partial charge in [0.25, 0.3) is 0 Å². The van der Waals surface area contributed by atoms with Crippen molar-refractivity contribution in [3.63, 3.8) is 0 Å². The van der Waals surface area contributed by atoms with Crippen molar-refractivity contribution in [3.8, 4) is 0 Å². The standard InChI is InChI=1S/C5H13O3P.C3H4N2/c1-2-3-4-5-9(6,7)8;1-2-5-3-4-1/h2-5H2,1H3,(H2,6,7,8);1-3H,(H,4,5). The summed E-state index contributed by atoms with van der Waals surface area (Å²) in [5.74, 6) is 0. The molecule has 0 bridgehead atoms. The van der Waals surface area contributed by atoms with Gasteiger partial charge < -0.3 is 14.8 Å². The lowest BCUT2D eigenvalue weighted by Crippen LogP contribution is -1.86. The number of unbranched alkanes of at least 4 members (excludes halogenated alkanes) is 2. The van der Waals surface area contributed by atoms with Crippen molar-refractivity contribution in [2.75, 3.05) is 6.16 Å². The van der Waals surface area contributed by atoms with E-state index in [-0.39, 0.29) is 6.16 Å². The van der Waals surface area contributed by atoms with Crippen LogP contribution in [-0.2, 0) is 4.57 Å². The van der Waals surface area contributed by atoms with Crippen LogP contribution in [0.15, 0.2) is 18.7 Å². The average Bonchev–Trinajstić information content (AvgIpc) is 2.59. The average molecular weight is 220 g/mol. The molecule has 0 aliphatic carbocycles. The molecule has 3 N–H and O–H groups in total. The Bertz CT molecular complexity index is 228. The Balaban J connectivity index is 0.000000280. The van der Waals surface area contributed by atoms with Gasteiger partial charge in [-0.15, -0.1) is 0 Å². The van der Waals surface area contributed by atoms with Gasteiger partial charge in [0.1, 0.15) is 0 Å². The highest BCUT2D eigenvalue weighted by atomic mass is 31.2. The Morgan fingerprint density at radius 3 is 2.43 bits per heavy atom. The van der Waals surface area contributed by atoms with Crippen LogP contribution in [-0.4, -0.2) is 25.9 Å². The van der Waals surface area contributed by atoms with Crippen molar-refractivity contribution in [2.24, 2.45) is 0 Å². The Morgan fingerprint density at radius 1 is 1.43 bits per heavy atom. The monoisotopic (exact) mass is 220 g/mol. The second-order valence-corrected chi connectivity index (χ2v) is 4.63. The molecular formula is C8H17N2O3P. The third-order valence-electron chi connectivity index (χ3n) is 1.46. The molecule has 0 unspecified atom stereocenters. The molecule has 0 saturated heterocycles. The quantitative estimate of drug-likeness (QED) is 0.533. The van der Waals surface area contributed by atoms with Crippen LogP contribution >= 0.6 is 7.60 Å². The molecule has 82 valence electrons. The van der Waals surface area contributed by atoms with Crippen molar-refractivity contribution in [1.29, 1.82) is 0 Å². The minimum atomic E-state index is -3.70. The summed E-state index contributed by atoms with van der Waals surface area (Å²) >= 11 is 0. The number of rotatable bonds is 4. The van der Waals surface area contributed by atoms with E-state index in [4.69, 9.17) is 9.79 Å². The van der Waals surface area contributed by atoms with Gasteiger partial charge in [0.05, 0.1) is 6.33 Å². The largest absolute Gasteiger partial charge is 0.351 e. The molecule has 0 amide bonds. The van der Waals surface area contributed by atoms with Gasteiger partial charge in [-0.05, 0) is 6.42 Å². The predicted molar refractivity (Wildman–Crippen MR) is 55.0 cm³/mol. The molecule has 0 aromatic carbocycles. The van der Waals surface area contributed by atoms with E-state index in [9.17, 15) is 4.57 Å². The van der Waals surface area contributed by atoms with Gasteiger partial charge in [-0.3, -0.25) is 4.57 Å². The zero-order valence-electron chi connectivity index (χ0n) is 8.26. The highest BCUT2D eigenvalue weighted by Crippen LogP contribution is 2.35. The third-order valence-corrected chi connectivity index (χ3v) is 2.36. The first-order valence-electron chi connectivity index (χ1n) is 4.53. The maximum Gasteiger partial charge on any atom is 0.325 e. The summed E-state index contributed by atoms with van der Waals surface area (Å²) in [5, 5.41) is 0. The fraction of sp³-hybridized carbons (Fsp3) is 0.625. The molecule has 0 saturated carbocycles. The number of imidazole rings is 1. The third kappa shape index (κ3) is 11.4. The number of H-pyrrole nitrogens is 1. The van der Waals surface area contributed by atoms with E-state index < -0.39 is 7.60 Å². The SMILES string of the molecule is CCCCCP(=O)(O)O.c1c[nH]cn1. The van der Waals surface area contributed by atoms with Crippen LogP contribution < -0.4 is 0 Å². The van der Waals surface area contributed by atoms with Crippen LogP contribution in [0.1, 0.15) is 26.2 Å². The van der Waals surface area contributed by atoms with E-state index in [2.05, 4.69) is 9.97 Å². The van der Waals surface area contributed by atoms with Gasteiger partial charge in [-0.1, -0.05) is 19.8 Å². The number of aromatic amines is 1. The van der Waals surface area contributed by atoms with Crippen LogP contribution in [0, 0.1) is 0 Å². The first kappa shape index (κ1) is 13.4. The van der Waals surface area contributed by atoms with Gasteiger partial charge in [0, 0.05) is 18.6 Å². The molecule has 0 radical (unpaired) electrons. The van der Waals surface area contributed by atoms with Crippen LogP contribution in [0.25, 0.3) is 0 Å². The van der Waals surface area contributed by atoms with Gasteiger partial charge in [0.2, 0.25) is 0 Å². The summed E-state index contributed by atoms with van der Waals surface area (Å²) in [6, 6.07) is 0. The lowest BCUT2D eigenvalue weighted by molar-refractivity contribution is 0.371. The van der Waals surface area contributed by atoms with Crippen molar-refractivity contribution < 1.29 is 14.4 Å². The summed E-state index contributed by atoms with van der Waals surface area (Å²) in [4.78, 5) is 23.1. The van der Waals surface area contributed by atoms with E-state index in [1.165, 1.54) is 0 Å². The van der Waals surface area contributed by atoms with Gasteiger partial charge in [-0.25, -0.2) is 4.98 Å². The molecule has 1 aromatic rings. The summed E-state index contributed by atoms with van der Waals surface area (Å²) in [5.41, 5.74) is 0. The maximum absolute atomic E-state index is 10.2. The predicted octanol–water partition coefficient (Wildman–Crippen LogP) is 1.76. The molecule has 1 rings (SSSR count). The van der Waals surface area contributed by atoms with E-state index in [0.29, 0.717) is 6.42 Å². The smallest absolute Gasteiger partial charge is 0.325 e. The first-order valence-corrected chi connectivity index (χ1v) is 6.33. The van der Waals surface area contributed by atoms with Crippen LogP contribution in [0.5, 0.6) is 0 Å². The molecule has 0 fully saturated rings. The number of nitrogens with one attached hydrogen (secondary N) is 1. The van der Waals surface area contributed by atoms with E-state index in [0.717, 1.165) is 12.8 Å². The number of hydrogen-bond donors (Lipinski definition) is 3. The molecular weight excluding hydrogens is 203 g/mol. The number of nitrogens with zero attached hydrogens (tertiary/aromatic N) is 1. The second-order valence-electron chi connectivity index (χ2n) is 2.86. The lowest BCUT2D eigenvalue weighted by Gasteiger charge is -2.00. The summed E-state index contributed by atoms with van der Waals surface area (Å²) in [6.07, 6.45) is 7.67. The molecule has 6 heteroatoms. The van der Waals surface area contributed by atoms with Crippen LogP contribution in [0.3, 0.4) is 0 Å². The Hall–Kier alpha value is -0.640. The highest BCUT2D eigenvalue weighted by molar-refractivity contribution is 7.51. The summed E-state index contributed by atoms with van der Waals surface area (Å²) in [6.45, 7) is 2.00. The summed E-state index contributed by atoms with van der Waals surface area (Å²) in [7, 11) is -3.70. The van der Waals surface area contributed by atoms with Crippen LogP contribution in [0.2, 0.25) is 0 Å². The van der Waals surface area contributed by atoms with Crippen molar-refractivity contribution in [1.82, 2.24) is 9.97 Å². The minimum Gasteiger partial charge on any atom is -0.351 e. The molecule has 14 heavy (non-hydrogen) atoms. The van der Waals surface area contributed by atoms with Gasteiger partial charge in [-0.2, -0.15) is 0 Å². The Morgan fingerprint density at radius 2 is 2.14 bits per heavy atom. The van der Waals surface area contributed by atoms with E-state index in [1.54, 1.807) is 18.7 Å². The van der Waals surface area contributed by atoms with Gasteiger partial charge >= 0.3 is 7.60 Å². The second kappa shape index (κ2) is 7.74. The topological polar surface area (TPSA) is 86.2 Å². The number of aromatic nitrogens is 2. The van der Waals surface area contributed by atoms with Gasteiger partial charge in [0.15, 0.2) is 0 Å². The molecule has 0 spiro atoms. The van der Waals surface area contributed by atoms with Crippen molar-refractivity contribution >= 4 is 7.60 Å². The maximum atomic E-state index is 10.2. The number of hydrogen-bond acceptors (Lipinski definition) is 2. The zero-order chi connectivity index (χ0) is 10.9. The molecule has 0 aliphatic heterocycles. The highest BCUT2D eigenvalue weighted by Gasteiger charge is 2.10. The first-order chi connectivity index (χ1) is 6.56. The zero-order valence-corrected chi connectivity index (χ0v) is 9.15. The van der Waals surface area contributed by atoms with E-state index >= 15 is 0 Å². The Kier molecular flexibility index (Phi) is 7.38. The fourth-order valence-electron chi connectivity index (χ4n) is 0.783. The summed E-state index contributed by atoms with van der Waals surface area (Å²) < 4.78 is 10.2. The van der Waals surface area contributed by atoms with Crippen LogP contribution in [0.4, 0.5) is 0 Å². The Labute approximate surface area is 83.7 Å². The molecule has 1 heterocycles. The lowest BCUT2D eigenvalue weighted by atomic mass is 10.3. The normalized spacial score (nSPS) is 10.5. The molecule has 5 nitrogen and oxygen atoms in total. The van der Waals surface area contributed by atoms with Crippen molar-refractivity contribution in [2.45, 2.75) is 26.2 Å². The fourth-order valence-corrected chi connectivity index (χ4v) is 1.42. The minimum absolute atomic E-state index is 0.0425. The molecule has 0 aliphatic rings. The van der Waals surface area contributed by atoms with Crippen molar-refractivity contribution in [3.05, 3.63) is 18.7 Å². The molecule has 0 atom stereocenters.